The van der Waals surface area contributed by atoms with Crippen LogP contribution in [0.15, 0.2) is 18.2 Å². The van der Waals surface area contributed by atoms with Gasteiger partial charge >= 0.3 is 0 Å². The van der Waals surface area contributed by atoms with E-state index in [1.807, 2.05) is 6.07 Å². The third kappa shape index (κ3) is 1.36. The lowest BCUT2D eigenvalue weighted by molar-refractivity contribution is 0.392. The average molecular weight is 181 g/mol. The monoisotopic (exact) mass is 180 g/mol. The van der Waals surface area contributed by atoms with Gasteiger partial charge in [-0.2, -0.15) is 0 Å². The molecule has 2 rings (SSSR count). The molecule has 0 radical (unpaired) electrons. The Kier molecular flexibility index (Phi) is 1.69. The molecule has 0 fully saturated rings. The maximum Gasteiger partial charge on any atom is 0.0408 e. The van der Waals surface area contributed by atoms with Gasteiger partial charge in [-0.25, -0.2) is 0 Å². The van der Waals surface area contributed by atoms with E-state index in [0.717, 1.165) is 5.02 Å². The fourth-order valence-corrected chi connectivity index (χ4v) is 2.22. The number of rotatable bonds is 0. The molecule has 0 saturated carbocycles. The van der Waals surface area contributed by atoms with Crippen molar-refractivity contribution in [3.8, 4) is 0 Å². The Labute approximate surface area is 78.6 Å². The van der Waals surface area contributed by atoms with Gasteiger partial charge in [-0.05, 0) is 41.5 Å². The predicted molar refractivity (Wildman–Crippen MR) is 52.6 cm³/mol. The first-order chi connectivity index (χ1) is 5.57. The van der Waals surface area contributed by atoms with Crippen molar-refractivity contribution in [2.24, 2.45) is 5.41 Å². The lowest BCUT2D eigenvalue weighted by atomic mass is 9.90. The highest BCUT2D eigenvalue weighted by Crippen LogP contribution is 2.36. The van der Waals surface area contributed by atoms with E-state index in [-0.39, 0.29) is 0 Å². The van der Waals surface area contributed by atoms with Crippen molar-refractivity contribution in [3.63, 3.8) is 0 Å². The fraction of sp³-hybridized carbons (Fsp3) is 0.455. The molecule has 1 aliphatic carbocycles. The Bertz CT molecular complexity index is 313. The third-order valence-corrected chi connectivity index (χ3v) is 2.74. The van der Waals surface area contributed by atoms with E-state index >= 15 is 0 Å². The summed E-state index contributed by atoms with van der Waals surface area (Å²) < 4.78 is 0. The van der Waals surface area contributed by atoms with Crippen LogP contribution in [0.1, 0.15) is 25.0 Å². The SMILES string of the molecule is CC1(C)Cc2ccc(Cl)cc2C1. The lowest BCUT2D eigenvalue weighted by Crippen LogP contribution is -2.09. The third-order valence-electron chi connectivity index (χ3n) is 2.51. The van der Waals surface area contributed by atoms with Crippen LogP contribution in [0.3, 0.4) is 0 Å². The second-order valence-electron chi connectivity index (χ2n) is 4.43. The number of fused-ring (bicyclic) bond motifs is 1. The number of benzene rings is 1. The van der Waals surface area contributed by atoms with Crippen molar-refractivity contribution in [3.05, 3.63) is 34.3 Å². The van der Waals surface area contributed by atoms with Crippen molar-refractivity contribution < 1.29 is 0 Å². The first-order valence-electron chi connectivity index (χ1n) is 4.34. The lowest BCUT2D eigenvalue weighted by Gasteiger charge is -2.14. The smallest absolute Gasteiger partial charge is 0.0408 e. The molecule has 12 heavy (non-hydrogen) atoms. The molecule has 0 bridgehead atoms. The number of hydrogen-bond acceptors (Lipinski definition) is 0. The highest BCUT2D eigenvalue weighted by molar-refractivity contribution is 6.30. The molecule has 1 aromatic carbocycles. The second kappa shape index (κ2) is 2.50. The molecule has 0 saturated heterocycles. The Morgan fingerprint density at radius 2 is 1.83 bits per heavy atom. The summed E-state index contributed by atoms with van der Waals surface area (Å²) >= 11 is 5.92. The first kappa shape index (κ1) is 8.12. The predicted octanol–water partition coefficient (Wildman–Crippen LogP) is 3.46. The Balaban J connectivity index is 2.43. The minimum atomic E-state index is 0.438. The maximum atomic E-state index is 5.92. The Hall–Kier alpha value is -0.490. The van der Waals surface area contributed by atoms with Gasteiger partial charge in [-0.3, -0.25) is 0 Å². The van der Waals surface area contributed by atoms with Crippen LogP contribution in [0.2, 0.25) is 5.02 Å². The van der Waals surface area contributed by atoms with E-state index < -0.39 is 0 Å². The van der Waals surface area contributed by atoms with Gasteiger partial charge in [0.25, 0.3) is 0 Å². The summed E-state index contributed by atoms with van der Waals surface area (Å²) in [4.78, 5) is 0. The minimum Gasteiger partial charge on any atom is -0.0843 e. The largest absolute Gasteiger partial charge is 0.0843 e. The molecule has 0 aromatic heterocycles. The van der Waals surface area contributed by atoms with Crippen LogP contribution in [-0.2, 0) is 12.8 Å². The number of hydrogen-bond donors (Lipinski definition) is 0. The van der Waals surface area contributed by atoms with Crippen LogP contribution in [0.5, 0.6) is 0 Å². The maximum absolute atomic E-state index is 5.92. The molecule has 0 nitrogen and oxygen atoms in total. The second-order valence-corrected chi connectivity index (χ2v) is 4.87. The van der Waals surface area contributed by atoms with Crippen LogP contribution in [0, 0.1) is 5.41 Å². The molecule has 64 valence electrons. The Morgan fingerprint density at radius 1 is 1.17 bits per heavy atom. The van der Waals surface area contributed by atoms with Crippen LogP contribution in [0.25, 0.3) is 0 Å². The highest BCUT2D eigenvalue weighted by atomic mass is 35.5. The molecule has 0 heterocycles. The van der Waals surface area contributed by atoms with Crippen LogP contribution >= 0.6 is 11.6 Å². The van der Waals surface area contributed by atoms with Crippen LogP contribution < -0.4 is 0 Å². The van der Waals surface area contributed by atoms with E-state index in [4.69, 9.17) is 11.6 Å². The zero-order valence-corrected chi connectivity index (χ0v) is 8.28. The highest BCUT2D eigenvalue weighted by Gasteiger charge is 2.27. The number of halogens is 1. The Morgan fingerprint density at radius 3 is 2.58 bits per heavy atom. The quantitative estimate of drug-likeness (QED) is 0.574. The standard InChI is InChI=1S/C11H13Cl/c1-11(2)6-8-3-4-10(12)5-9(8)7-11/h3-5H,6-7H2,1-2H3. The summed E-state index contributed by atoms with van der Waals surface area (Å²) in [6.45, 7) is 4.61. The molecule has 0 atom stereocenters. The van der Waals surface area contributed by atoms with Crippen molar-refractivity contribution in [2.75, 3.05) is 0 Å². The normalized spacial score (nSPS) is 19.2. The molecule has 0 spiro atoms. The van der Waals surface area contributed by atoms with Gasteiger partial charge in [0.2, 0.25) is 0 Å². The van der Waals surface area contributed by atoms with Gasteiger partial charge in [-0.15, -0.1) is 0 Å². The van der Waals surface area contributed by atoms with E-state index in [1.165, 1.54) is 24.0 Å². The average Bonchev–Trinajstić information content (AvgIpc) is 2.21. The molecular weight excluding hydrogens is 168 g/mol. The minimum absolute atomic E-state index is 0.438. The first-order valence-corrected chi connectivity index (χ1v) is 4.72. The van der Waals surface area contributed by atoms with Gasteiger partial charge in [0, 0.05) is 5.02 Å². The zero-order valence-electron chi connectivity index (χ0n) is 7.52. The van der Waals surface area contributed by atoms with E-state index in [9.17, 15) is 0 Å². The van der Waals surface area contributed by atoms with Crippen molar-refractivity contribution in [2.45, 2.75) is 26.7 Å². The molecule has 0 amide bonds. The summed E-state index contributed by atoms with van der Waals surface area (Å²) in [5.74, 6) is 0. The molecule has 1 aliphatic rings. The summed E-state index contributed by atoms with van der Waals surface area (Å²) in [5.41, 5.74) is 3.35. The molecular formula is C11H13Cl. The summed E-state index contributed by atoms with van der Waals surface area (Å²) in [7, 11) is 0. The van der Waals surface area contributed by atoms with E-state index in [2.05, 4.69) is 26.0 Å². The molecule has 0 N–H and O–H groups in total. The zero-order chi connectivity index (χ0) is 8.77. The topological polar surface area (TPSA) is 0 Å². The molecule has 1 heteroatoms. The van der Waals surface area contributed by atoms with Gasteiger partial charge in [0.15, 0.2) is 0 Å². The van der Waals surface area contributed by atoms with Gasteiger partial charge in [0.05, 0.1) is 0 Å². The summed E-state index contributed by atoms with van der Waals surface area (Å²) in [6, 6.07) is 6.25. The van der Waals surface area contributed by atoms with Crippen molar-refractivity contribution in [1.29, 1.82) is 0 Å². The van der Waals surface area contributed by atoms with Gasteiger partial charge in [-0.1, -0.05) is 31.5 Å². The molecule has 1 aromatic rings. The van der Waals surface area contributed by atoms with Gasteiger partial charge < -0.3 is 0 Å². The molecule has 0 unspecified atom stereocenters. The summed E-state index contributed by atoms with van der Waals surface area (Å²) in [6.07, 6.45) is 2.36. The fourth-order valence-electron chi connectivity index (χ4n) is 2.03. The molecule has 0 aliphatic heterocycles. The van der Waals surface area contributed by atoms with E-state index in [1.54, 1.807) is 0 Å². The van der Waals surface area contributed by atoms with E-state index in [0.29, 0.717) is 5.41 Å². The van der Waals surface area contributed by atoms with Crippen LogP contribution in [0.4, 0.5) is 0 Å². The summed E-state index contributed by atoms with van der Waals surface area (Å²) in [5, 5.41) is 0.867. The van der Waals surface area contributed by atoms with Crippen molar-refractivity contribution in [1.82, 2.24) is 0 Å². The van der Waals surface area contributed by atoms with Crippen molar-refractivity contribution >= 4 is 11.6 Å². The van der Waals surface area contributed by atoms with Crippen LogP contribution in [-0.4, -0.2) is 0 Å². The van der Waals surface area contributed by atoms with Gasteiger partial charge in [0.1, 0.15) is 0 Å².